The van der Waals surface area contributed by atoms with Crippen LogP contribution in [-0.4, -0.2) is 54.8 Å². The predicted molar refractivity (Wildman–Crippen MR) is 127 cm³/mol. The number of nitrogens with one attached hydrogen (secondary N) is 1. The first-order valence-electron chi connectivity index (χ1n) is 11.0. The third kappa shape index (κ3) is 7.87. The minimum absolute atomic E-state index is 0.0853. The van der Waals surface area contributed by atoms with Crippen molar-refractivity contribution in [3.05, 3.63) is 54.6 Å². The van der Waals surface area contributed by atoms with Crippen LogP contribution >= 0.6 is 0 Å². The number of amides is 1. The van der Waals surface area contributed by atoms with Crippen LogP contribution < -0.4 is 19.5 Å². The number of alkyl halides is 2. The zero-order valence-corrected chi connectivity index (χ0v) is 20.1. The van der Waals surface area contributed by atoms with E-state index in [1.807, 2.05) is 32.9 Å². The summed E-state index contributed by atoms with van der Waals surface area (Å²) in [6, 6.07) is 15.9. The van der Waals surface area contributed by atoms with Gasteiger partial charge in [-0.1, -0.05) is 0 Å². The average Bonchev–Trinajstić information content (AvgIpc) is 3.24. The van der Waals surface area contributed by atoms with E-state index in [0.29, 0.717) is 22.9 Å². The third-order valence-electron chi connectivity index (χ3n) is 4.57. The van der Waals surface area contributed by atoms with Gasteiger partial charge in [0.05, 0.1) is 18.5 Å². The van der Waals surface area contributed by atoms with Crippen molar-refractivity contribution in [3.8, 4) is 34.3 Å². The number of halogens is 2. The molecule has 2 aromatic carbocycles. The molecule has 3 aromatic rings. The lowest BCUT2D eigenvalue weighted by Gasteiger charge is -2.19. The van der Waals surface area contributed by atoms with Crippen LogP contribution in [0.2, 0.25) is 0 Å². The average molecular weight is 490 g/mol. The number of ether oxygens (including phenoxy) is 4. The van der Waals surface area contributed by atoms with Crippen LogP contribution in [0, 0.1) is 0 Å². The van der Waals surface area contributed by atoms with Crippen molar-refractivity contribution in [2.75, 3.05) is 26.9 Å². The molecular weight excluding hydrogens is 460 g/mol. The number of hydrogen-bond donors (Lipinski definition) is 1. The smallest absolute Gasteiger partial charge is 0.407 e. The Labute approximate surface area is 202 Å². The molecule has 0 saturated carbocycles. The topological polar surface area (TPSA) is 83.8 Å². The zero-order chi connectivity index (χ0) is 25.4. The van der Waals surface area contributed by atoms with Gasteiger partial charge in [0, 0.05) is 17.2 Å². The molecule has 0 fully saturated rings. The SMILES string of the molecule is COc1ccc(-n2nc(OCC(F)F)cc2-c2ccc(OCCOC(=O)NC(C)(C)C)cc2)cc1. The summed E-state index contributed by atoms with van der Waals surface area (Å²) in [5, 5.41) is 7.05. The minimum Gasteiger partial charge on any atom is -0.497 e. The highest BCUT2D eigenvalue weighted by atomic mass is 19.3. The van der Waals surface area contributed by atoms with Gasteiger partial charge >= 0.3 is 6.09 Å². The Bertz CT molecular complexity index is 1090. The van der Waals surface area contributed by atoms with Gasteiger partial charge in [-0.3, -0.25) is 0 Å². The molecular formula is C25H29F2N3O5. The molecule has 0 atom stereocenters. The Morgan fingerprint density at radius 3 is 2.26 bits per heavy atom. The Morgan fingerprint density at radius 1 is 1.00 bits per heavy atom. The summed E-state index contributed by atoms with van der Waals surface area (Å²) in [6.07, 6.45) is -3.11. The fraction of sp³-hybridized carbons (Fsp3) is 0.360. The molecule has 3 rings (SSSR count). The Balaban J connectivity index is 1.70. The van der Waals surface area contributed by atoms with Gasteiger partial charge < -0.3 is 24.3 Å². The summed E-state index contributed by atoms with van der Waals surface area (Å²) in [6.45, 7) is 5.12. The van der Waals surface area contributed by atoms with Gasteiger partial charge in [-0.2, -0.15) is 0 Å². The van der Waals surface area contributed by atoms with Crippen LogP contribution in [0.15, 0.2) is 54.6 Å². The molecule has 1 amide bonds. The number of alkyl carbamates (subject to hydrolysis) is 1. The van der Waals surface area contributed by atoms with Crippen LogP contribution in [0.3, 0.4) is 0 Å². The van der Waals surface area contributed by atoms with Crippen LogP contribution in [0.25, 0.3) is 16.9 Å². The van der Waals surface area contributed by atoms with E-state index in [9.17, 15) is 13.6 Å². The maximum absolute atomic E-state index is 12.6. The van der Waals surface area contributed by atoms with Crippen molar-refractivity contribution in [2.45, 2.75) is 32.7 Å². The second-order valence-corrected chi connectivity index (χ2v) is 8.56. The molecule has 0 unspecified atom stereocenters. The maximum Gasteiger partial charge on any atom is 0.407 e. The Hall–Kier alpha value is -3.82. The van der Waals surface area contributed by atoms with Crippen molar-refractivity contribution in [1.29, 1.82) is 0 Å². The molecule has 0 radical (unpaired) electrons. The van der Waals surface area contributed by atoms with Gasteiger partial charge in [0.15, 0.2) is 6.61 Å². The summed E-state index contributed by atoms with van der Waals surface area (Å²) >= 11 is 0. The van der Waals surface area contributed by atoms with E-state index in [-0.39, 0.29) is 24.6 Å². The summed E-state index contributed by atoms with van der Waals surface area (Å²) in [7, 11) is 1.57. The highest BCUT2D eigenvalue weighted by Crippen LogP contribution is 2.29. The molecule has 8 nitrogen and oxygen atoms in total. The molecule has 0 saturated heterocycles. The Morgan fingerprint density at radius 2 is 1.66 bits per heavy atom. The van der Waals surface area contributed by atoms with Crippen molar-refractivity contribution in [2.24, 2.45) is 0 Å². The molecule has 188 valence electrons. The van der Waals surface area contributed by atoms with Crippen molar-refractivity contribution >= 4 is 6.09 Å². The number of benzene rings is 2. The number of carbonyl (C=O) groups is 1. The largest absolute Gasteiger partial charge is 0.497 e. The number of rotatable bonds is 10. The van der Waals surface area contributed by atoms with Crippen LogP contribution in [0.4, 0.5) is 13.6 Å². The lowest BCUT2D eigenvalue weighted by atomic mass is 10.1. The molecule has 35 heavy (non-hydrogen) atoms. The predicted octanol–water partition coefficient (Wildman–Crippen LogP) is 5.10. The lowest BCUT2D eigenvalue weighted by molar-refractivity contribution is 0.0794. The van der Waals surface area contributed by atoms with E-state index < -0.39 is 19.1 Å². The summed E-state index contributed by atoms with van der Waals surface area (Å²) < 4.78 is 47.9. The third-order valence-corrected chi connectivity index (χ3v) is 4.57. The van der Waals surface area contributed by atoms with E-state index in [2.05, 4.69) is 10.4 Å². The van der Waals surface area contributed by atoms with Crippen molar-refractivity contribution in [3.63, 3.8) is 0 Å². The summed E-state index contributed by atoms with van der Waals surface area (Å²) in [5.41, 5.74) is 1.75. The maximum atomic E-state index is 12.6. The molecule has 1 heterocycles. The quantitative estimate of drug-likeness (QED) is 0.399. The highest BCUT2D eigenvalue weighted by Gasteiger charge is 2.16. The van der Waals surface area contributed by atoms with Crippen LogP contribution in [-0.2, 0) is 4.74 Å². The molecule has 1 aromatic heterocycles. The van der Waals surface area contributed by atoms with Gasteiger partial charge in [0.1, 0.15) is 24.7 Å². The first-order valence-corrected chi connectivity index (χ1v) is 11.0. The van der Waals surface area contributed by atoms with Crippen LogP contribution in [0.5, 0.6) is 17.4 Å². The first-order chi connectivity index (χ1) is 16.6. The number of carbonyl (C=O) groups excluding carboxylic acids is 1. The molecule has 0 aliphatic carbocycles. The van der Waals surface area contributed by atoms with Gasteiger partial charge in [0.2, 0.25) is 5.88 Å². The fourth-order valence-electron chi connectivity index (χ4n) is 3.06. The number of hydrogen-bond acceptors (Lipinski definition) is 6. The first kappa shape index (κ1) is 25.8. The number of aromatic nitrogens is 2. The van der Waals surface area contributed by atoms with E-state index >= 15 is 0 Å². The van der Waals surface area contributed by atoms with Crippen molar-refractivity contribution < 1.29 is 32.5 Å². The van der Waals surface area contributed by atoms with E-state index in [0.717, 1.165) is 5.56 Å². The van der Waals surface area contributed by atoms with Gasteiger partial charge in [-0.15, -0.1) is 5.10 Å². The fourth-order valence-corrected chi connectivity index (χ4v) is 3.06. The summed E-state index contributed by atoms with van der Waals surface area (Å²) in [4.78, 5) is 11.7. The second-order valence-electron chi connectivity index (χ2n) is 8.56. The molecule has 1 N–H and O–H groups in total. The standard InChI is InChI=1S/C25H29F2N3O5/c1-25(2,3)28-24(31)34-14-13-33-20-9-5-17(6-10-20)21-15-23(35-16-22(26)27)29-30(21)18-7-11-19(32-4)12-8-18/h5-12,15,22H,13-14,16H2,1-4H3,(H,28,31). The molecule has 0 aliphatic heterocycles. The van der Waals surface area contributed by atoms with Gasteiger partial charge in [-0.25, -0.2) is 18.3 Å². The normalized spacial score (nSPS) is 11.3. The Kier molecular flexibility index (Phi) is 8.51. The zero-order valence-electron chi connectivity index (χ0n) is 20.1. The minimum atomic E-state index is -2.61. The van der Waals surface area contributed by atoms with Gasteiger partial charge in [-0.05, 0) is 69.3 Å². The van der Waals surface area contributed by atoms with Crippen LogP contribution in [0.1, 0.15) is 20.8 Å². The van der Waals surface area contributed by atoms with Gasteiger partial charge in [0.25, 0.3) is 6.43 Å². The molecule has 0 aliphatic rings. The monoisotopic (exact) mass is 489 g/mol. The number of methoxy groups -OCH3 is 1. The highest BCUT2D eigenvalue weighted by molar-refractivity contribution is 5.68. The van der Waals surface area contributed by atoms with E-state index in [1.165, 1.54) is 0 Å². The summed E-state index contributed by atoms with van der Waals surface area (Å²) in [5.74, 6) is 1.35. The lowest BCUT2D eigenvalue weighted by Crippen LogP contribution is -2.41. The number of nitrogens with zero attached hydrogens (tertiary/aromatic N) is 2. The second kappa shape index (κ2) is 11.5. The molecule has 10 heteroatoms. The van der Waals surface area contributed by atoms with E-state index in [4.69, 9.17) is 18.9 Å². The van der Waals surface area contributed by atoms with Crippen molar-refractivity contribution in [1.82, 2.24) is 15.1 Å². The molecule has 0 spiro atoms. The van der Waals surface area contributed by atoms with E-state index in [1.54, 1.807) is 54.3 Å². The molecule has 0 bridgehead atoms.